The smallest absolute Gasteiger partial charge is 0.407 e. The lowest BCUT2D eigenvalue weighted by atomic mass is 10.2. The first kappa shape index (κ1) is 22.2. The van der Waals surface area contributed by atoms with Gasteiger partial charge in [-0.25, -0.2) is 9.78 Å². The van der Waals surface area contributed by atoms with Gasteiger partial charge in [0.25, 0.3) is 0 Å². The third-order valence-corrected chi connectivity index (χ3v) is 4.23. The summed E-state index contributed by atoms with van der Waals surface area (Å²) in [7, 11) is 0. The van der Waals surface area contributed by atoms with Gasteiger partial charge in [-0.1, -0.05) is 6.92 Å². The topological polar surface area (TPSA) is 87.6 Å². The fourth-order valence-corrected chi connectivity index (χ4v) is 2.83. The van der Waals surface area contributed by atoms with Crippen LogP contribution in [0.3, 0.4) is 0 Å². The van der Waals surface area contributed by atoms with Crippen LogP contribution in [-0.4, -0.2) is 48.8 Å². The number of nitrogens with zero attached hydrogens (tertiary/aromatic N) is 2. The van der Waals surface area contributed by atoms with Gasteiger partial charge in [-0.15, -0.1) is 11.3 Å². The third kappa shape index (κ3) is 10.2. The van der Waals surface area contributed by atoms with E-state index in [1.165, 1.54) is 5.01 Å². The highest BCUT2D eigenvalue weighted by atomic mass is 32.1. The number of aromatic nitrogens is 1. The molecule has 0 unspecified atom stereocenters. The van der Waals surface area contributed by atoms with Crippen molar-refractivity contribution in [2.45, 2.75) is 59.5 Å². The van der Waals surface area contributed by atoms with Crippen LogP contribution in [0.5, 0.6) is 0 Å². The largest absolute Gasteiger partial charge is 0.444 e. The van der Waals surface area contributed by atoms with E-state index < -0.39 is 5.60 Å². The van der Waals surface area contributed by atoms with Crippen LogP contribution < -0.4 is 16.0 Å². The van der Waals surface area contributed by atoms with Crippen molar-refractivity contribution < 1.29 is 9.53 Å². The molecule has 1 aromatic rings. The number of aliphatic imine (C=N–C) groups is 1. The zero-order valence-electron chi connectivity index (χ0n) is 16.6. The second-order valence-electron chi connectivity index (χ2n) is 6.81. The molecular formula is C18H33N5O2S. The fraction of sp³-hybridized carbons (Fsp3) is 0.722. The summed E-state index contributed by atoms with van der Waals surface area (Å²) in [5.74, 6) is 0.788. The Morgan fingerprint density at radius 2 is 2.00 bits per heavy atom. The average Bonchev–Trinajstić information content (AvgIpc) is 3.00. The van der Waals surface area contributed by atoms with E-state index in [4.69, 9.17) is 4.74 Å². The standard InChI is InChI=1S/C18H33N5O2S/c1-6-15-23-14(13-26-15)9-12-21-16(19-7-2)20-10-8-11-22-17(24)25-18(3,4)5/h13H,6-12H2,1-5H3,(H,22,24)(H2,19,20,21). The zero-order valence-corrected chi connectivity index (χ0v) is 17.5. The maximum atomic E-state index is 11.6. The SMILES string of the molecule is CCNC(=NCCCNC(=O)OC(C)(C)C)NCCc1csc(CC)n1. The lowest BCUT2D eigenvalue weighted by Crippen LogP contribution is -2.38. The van der Waals surface area contributed by atoms with E-state index in [1.54, 1.807) is 11.3 Å². The molecule has 0 aromatic carbocycles. The molecule has 1 heterocycles. The molecule has 1 amide bonds. The third-order valence-electron chi connectivity index (χ3n) is 3.19. The number of alkyl carbamates (subject to hydrolysis) is 1. The molecule has 1 rings (SSSR count). The Bertz CT molecular complexity index is 566. The van der Waals surface area contributed by atoms with Crippen molar-refractivity contribution in [1.29, 1.82) is 0 Å². The van der Waals surface area contributed by atoms with Crippen molar-refractivity contribution >= 4 is 23.4 Å². The van der Waals surface area contributed by atoms with Crippen molar-refractivity contribution in [2.75, 3.05) is 26.2 Å². The predicted molar refractivity (Wildman–Crippen MR) is 108 cm³/mol. The van der Waals surface area contributed by atoms with Gasteiger partial charge in [-0.05, 0) is 40.5 Å². The van der Waals surface area contributed by atoms with E-state index in [0.29, 0.717) is 13.1 Å². The quantitative estimate of drug-likeness (QED) is 0.347. The molecule has 1 aromatic heterocycles. The van der Waals surface area contributed by atoms with E-state index in [2.05, 4.69) is 38.2 Å². The Morgan fingerprint density at radius 3 is 2.62 bits per heavy atom. The number of carbonyl (C=O) groups is 1. The number of aryl methyl sites for hydroxylation is 1. The van der Waals surface area contributed by atoms with Crippen LogP contribution in [0, 0.1) is 0 Å². The Balaban J connectivity index is 2.26. The van der Waals surface area contributed by atoms with E-state index in [1.807, 2.05) is 27.7 Å². The van der Waals surface area contributed by atoms with Gasteiger partial charge in [0.15, 0.2) is 5.96 Å². The summed E-state index contributed by atoms with van der Waals surface area (Å²) in [5.41, 5.74) is 0.649. The van der Waals surface area contributed by atoms with Crippen LogP contribution in [0.25, 0.3) is 0 Å². The summed E-state index contributed by atoms with van der Waals surface area (Å²) < 4.78 is 5.19. The number of hydrogen-bond donors (Lipinski definition) is 3. The van der Waals surface area contributed by atoms with Gasteiger partial charge < -0.3 is 20.7 Å². The first-order valence-electron chi connectivity index (χ1n) is 9.26. The molecule has 0 aliphatic carbocycles. The summed E-state index contributed by atoms with van der Waals surface area (Å²) in [6, 6.07) is 0. The molecule has 0 atom stereocenters. The van der Waals surface area contributed by atoms with Crippen LogP contribution in [-0.2, 0) is 17.6 Å². The molecule has 8 heteroatoms. The van der Waals surface area contributed by atoms with Gasteiger partial charge in [-0.3, -0.25) is 4.99 Å². The van der Waals surface area contributed by atoms with E-state index in [9.17, 15) is 4.79 Å². The Morgan fingerprint density at radius 1 is 1.23 bits per heavy atom. The zero-order chi connectivity index (χ0) is 19.4. The van der Waals surface area contributed by atoms with Crippen molar-refractivity contribution in [3.05, 3.63) is 16.1 Å². The highest BCUT2D eigenvalue weighted by Crippen LogP contribution is 2.10. The summed E-state index contributed by atoms with van der Waals surface area (Å²) in [5, 5.41) is 12.6. The van der Waals surface area contributed by atoms with Gasteiger partial charge in [0.05, 0.1) is 10.7 Å². The molecule has 0 spiro atoms. The second kappa shape index (κ2) is 11.7. The number of ether oxygens (including phenoxy) is 1. The van der Waals surface area contributed by atoms with E-state index in [-0.39, 0.29) is 6.09 Å². The molecule has 0 saturated heterocycles. The fourth-order valence-electron chi connectivity index (χ4n) is 2.05. The minimum atomic E-state index is -0.473. The number of guanidine groups is 1. The summed E-state index contributed by atoms with van der Waals surface area (Å²) >= 11 is 1.71. The van der Waals surface area contributed by atoms with Crippen molar-refractivity contribution in [3.63, 3.8) is 0 Å². The van der Waals surface area contributed by atoms with Gasteiger partial charge in [-0.2, -0.15) is 0 Å². The molecular weight excluding hydrogens is 350 g/mol. The number of carbonyl (C=O) groups excluding carboxylic acids is 1. The molecule has 0 bridgehead atoms. The summed E-state index contributed by atoms with van der Waals surface area (Å²) in [6.07, 6.45) is 2.23. The van der Waals surface area contributed by atoms with Crippen LogP contribution in [0.1, 0.15) is 51.7 Å². The molecule has 0 aliphatic heterocycles. The van der Waals surface area contributed by atoms with Crippen molar-refractivity contribution in [3.8, 4) is 0 Å². The minimum Gasteiger partial charge on any atom is -0.444 e. The van der Waals surface area contributed by atoms with Crippen molar-refractivity contribution in [1.82, 2.24) is 20.9 Å². The number of amides is 1. The first-order valence-corrected chi connectivity index (χ1v) is 10.1. The lowest BCUT2D eigenvalue weighted by Gasteiger charge is -2.19. The first-order chi connectivity index (χ1) is 12.3. The summed E-state index contributed by atoms with van der Waals surface area (Å²) in [6.45, 7) is 12.5. The van der Waals surface area contributed by atoms with Crippen molar-refractivity contribution in [2.24, 2.45) is 4.99 Å². The molecule has 3 N–H and O–H groups in total. The van der Waals surface area contributed by atoms with E-state index >= 15 is 0 Å². The average molecular weight is 384 g/mol. The van der Waals surface area contributed by atoms with Crippen LogP contribution in [0.4, 0.5) is 4.79 Å². The van der Waals surface area contributed by atoms with Gasteiger partial charge in [0.2, 0.25) is 0 Å². The maximum absolute atomic E-state index is 11.6. The second-order valence-corrected chi connectivity index (χ2v) is 7.75. The molecule has 0 radical (unpaired) electrons. The normalized spacial score (nSPS) is 12.0. The monoisotopic (exact) mass is 383 g/mol. The van der Waals surface area contributed by atoms with Crippen LogP contribution in [0.2, 0.25) is 0 Å². The number of hydrogen-bond acceptors (Lipinski definition) is 5. The van der Waals surface area contributed by atoms with Gasteiger partial charge in [0, 0.05) is 38.0 Å². The van der Waals surface area contributed by atoms with E-state index in [0.717, 1.165) is 44.0 Å². The number of nitrogens with one attached hydrogen (secondary N) is 3. The minimum absolute atomic E-state index is 0.388. The molecule has 148 valence electrons. The highest BCUT2D eigenvalue weighted by molar-refractivity contribution is 7.09. The molecule has 0 aliphatic rings. The predicted octanol–water partition coefficient (Wildman–Crippen LogP) is 2.72. The lowest BCUT2D eigenvalue weighted by molar-refractivity contribution is 0.0527. The highest BCUT2D eigenvalue weighted by Gasteiger charge is 2.15. The number of thiazole rings is 1. The molecule has 26 heavy (non-hydrogen) atoms. The summed E-state index contributed by atoms with van der Waals surface area (Å²) in [4.78, 5) is 20.6. The molecule has 0 fully saturated rings. The van der Waals surface area contributed by atoms with Crippen LogP contribution in [0.15, 0.2) is 10.4 Å². The van der Waals surface area contributed by atoms with Crippen LogP contribution >= 0.6 is 11.3 Å². The van der Waals surface area contributed by atoms with Gasteiger partial charge >= 0.3 is 6.09 Å². The number of rotatable bonds is 9. The Labute approximate surface area is 161 Å². The maximum Gasteiger partial charge on any atom is 0.407 e. The Kier molecular flexibility index (Phi) is 10.0. The molecule has 7 nitrogen and oxygen atoms in total. The van der Waals surface area contributed by atoms with Gasteiger partial charge in [0.1, 0.15) is 5.60 Å². The molecule has 0 saturated carbocycles. The Hall–Kier alpha value is -1.83.